The van der Waals surface area contributed by atoms with Crippen molar-refractivity contribution in [3.8, 4) is 0 Å². The monoisotopic (exact) mass is 488 g/mol. The van der Waals surface area contributed by atoms with Gasteiger partial charge in [0.25, 0.3) is 11.8 Å². The number of methoxy groups -OCH3 is 1. The number of carbonyl (C=O) groups excluding carboxylic acids is 6. The first-order valence-electron chi connectivity index (χ1n) is 11.5. The van der Waals surface area contributed by atoms with Gasteiger partial charge in [-0.05, 0) is 17.9 Å². The summed E-state index contributed by atoms with van der Waals surface area (Å²) in [5, 5.41) is 3.18. The maximum atomic E-state index is 13.2. The van der Waals surface area contributed by atoms with Crippen LogP contribution in [0.3, 0.4) is 0 Å². The standard InChI is InChI=1S/C25H32N2O8/c1-15(2)18(14-23(31)34-4)24(32)26-19(13-17-8-6-5-7-9-17)20(28)12-16(3)25(33)35-27-21(29)10-11-22(27)30/h5-9,15-16,18-19H,10-14H2,1-4H3,(H,26,32)/t16-,18+,19+/m1/s1. The molecule has 0 spiro atoms. The molecule has 2 rings (SSSR count). The second-order valence-electron chi connectivity index (χ2n) is 8.95. The van der Waals surface area contributed by atoms with Gasteiger partial charge < -0.3 is 14.9 Å². The van der Waals surface area contributed by atoms with Crippen LogP contribution in [0, 0.1) is 17.8 Å². The number of amides is 3. The maximum absolute atomic E-state index is 13.2. The topological polar surface area (TPSA) is 136 Å². The molecular formula is C25H32N2O8. The van der Waals surface area contributed by atoms with E-state index in [1.165, 1.54) is 14.0 Å². The predicted molar refractivity (Wildman–Crippen MR) is 123 cm³/mol. The van der Waals surface area contributed by atoms with E-state index >= 15 is 0 Å². The molecule has 1 aliphatic heterocycles. The number of esters is 1. The molecule has 190 valence electrons. The summed E-state index contributed by atoms with van der Waals surface area (Å²) in [5.41, 5.74) is 0.795. The highest BCUT2D eigenvalue weighted by Crippen LogP contribution is 2.19. The highest BCUT2D eigenvalue weighted by molar-refractivity contribution is 6.02. The molecule has 3 amide bonds. The Balaban J connectivity index is 2.13. The van der Waals surface area contributed by atoms with Crippen molar-refractivity contribution in [3.63, 3.8) is 0 Å². The number of nitrogens with zero attached hydrogens (tertiary/aromatic N) is 1. The van der Waals surface area contributed by atoms with E-state index in [4.69, 9.17) is 4.84 Å². The largest absolute Gasteiger partial charge is 0.469 e. The van der Waals surface area contributed by atoms with Crippen molar-refractivity contribution in [2.24, 2.45) is 17.8 Å². The number of imide groups is 1. The second-order valence-corrected chi connectivity index (χ2v) is 8.95. The zero-order valence-electron chi connectivity index (χ0n) is 20.4. The van der Waals surface area contributed by atoms with Gasteiger partial charge in [-0.15, -0.1) is 5.06 Å². The number of hydrogen-bond acceptors (Lipinski definition) is 8. The Hall–Kier alpha value is -3.56. The predicted octanol–water partition coefficient (Wildman–Crippen LogP) is 1.75. The quantitative estimate of drug-likeness (QED) is 0.347. The van der Waals surface area contributed by atoms with Crippen LogP contribution in [0.25, 0.3) is 0 Å². The second kappa shape index (κ2) is 12.8. The first kappa shape index (κ1) is 27.7. The molecule has 10 nitrogen and oxygen atoms in total. The highest BCUT2D eigenvalue weighted by atomic mass is 16.7. The normalized spacial score (nSPS) is 16.0. The lowest BCUT2D eigenvalue weighted by Gasteiger charge is -2.24. The fourth-order valence-electron chi connectivity index (χ4n) is 3.63. The number of hydroxylamine groups is 2. The Morgan fingerprint density at radius 2 is 1.57 bits per heavy atom. The third kappa shape index (κ3) is 8.01. The van der Waals surface area contributed by atoms with Crippen LogP contribution >= 0.6 is 0 Å². The number of ketones is 1. The van der Waals surface area contributed by atoms with Gasteiger partial charge in [0, 0.05) is 19.3 Å². The van der Waals surface area contributed by atoms with Gasteiger partial charge in [0.05, 0.1) is 31.4 Å². The fraction of sp³-hybridized carbons (Fsp3) is 0.520. The number of benzene rings is 1. The van der Waals surface area contributed by atoms with Crippen molar-refractivity contribution in [2.45, 2.75) is 58.9 Å². The highest BCUT2D eigenvalue weighted by Gasteiger charge is 2.35. The van der Waals surface area contributed by atoms with Crippen LogP contribution in [0.1, 0.15) is 52.0 Å². The molecule has 0 aromatic heterocycles. The Labute approximate surface area is 204 Å². The van der Waals surface area contributed by atoms with Gasteiger partial charge in [-0.1, -0.05) is 51.1 Å². The van der Waals surface area contributed by atoms with Crippen LogP contribution in [-0.4, -0.2) is 53.7 Å². The molecule has 3 atom stereocenters. The zero-order chi connectivity index (χ0) is 26.1. The first-order chi connectivity index (χ1) is 16.5. The molecule has 1 saturated heterocycles. The molecule has 0 bridgehead atoms. The minimum Gasteiger partial charge on any atom is -0.469 e. The molecule has 1 heterocycles. The number of rotatable bonds is 12. The number of nitrogens with one attached hydrogen (secondary N) is 1. The SMILES string of the molecule is COC(=O)C[C@H](C(=O)N[C@@H](Cc1ccccc1)C(=O)C[C@@H](C)C(=O)ON1C(=O)CCC1=O)C(C)C. The van der Waals surface area contributed by atoms with Gasteiger partial charge in [0.2, 0.25) is 5.91 Å². The Morgan fingerprint density at radius 3 is 2.11 bits per heavy atom. The summed E-state index contributed by atoms with van der Waals surface area (Å²) >= 11 is 0. The molecule has 0 aliphatic carbocycles. The van der Waals surface area contributed by atoms with Crippen molar-refractivity contribution < 1.29 is 38.3 Å². The van der Waals surface area contributed by atoms with Crippen LogP contribution in [0.15, 0.2) is 30.3 Å². The smallest absolute Gasteiger partial charge is 0.336 e. The van der Waals surface area contributed by atoms with Crippen LogP contribution in [0.4, 0.5) is 0 Å². The average molecular weight is 489 g/mol. The van der Waals surface area contributed by atoms with Gasteiger partial charge in [-0.3, -0.25) is 24.0 Å². The van der Waals surface area contributed by atoms with Crippen LogP contribution < -0.4 is 5.32 Å². The lowest BCUT2D eigenvalue weighted by molar-refractivity contribution is -0.200. The van der Waals surface area contributed by atoms with E-state index in [1.54, 1.807) is 26.0 Å². The van der Waals surface area contributed by atoms with E-state index < -0.39 is 53.3 Å². The molecule has 1 aromatic carbocycles. The van der Waals surface area contributed by atoms with Crippen molar-refractivity contribution in [1.29, 1.82) is 0 Å². The minimum absolute atomic E-state index is 0.0345. The summed E-state index contributed by atoms with van der Waals surface area (Å²) in [6.07, 6.45) is -0.303. The number of Topliss-reactive ketones (excluding diaryl/α,β-unsaturated/α-hetero) is 1. The van der Waals surface area contributed by atoms with E-state index in [0.29, 0.717) is 5.06 Å². The minimum atomic E-state index is -0.964. The van der Waals surface area contributed by atoms with Crippen LogP contribution in [-0.2, 0) is 44.8 Å². The third-order valence-electron chi connectivity index (χ3n) is 5.84. The first-order valence-corrected chi connectivity index (χ1v) is 11.5. The van der Waals surface area contributed by atoms with Crippen molar-refractivity contribution in [1.82, 2.24) is 10.4 Å². The van der Waals surface area contributed by atoms with Crippen LogP contribution in [0.2, 0.25) is 0 Å². The van der Waals surface area contributed by atoms with Crippen molar-refractivity contribution >= 4 is 35.4 Å². The molecule has 1 aromatic rings. The van der Waals surface area contributed by atoms with Crippen molar-refractivity contribution in [2.75, 3.05) is 7.11 Å². The zero-order valence-corrected chi connectivity index (χ0v) is 20.4. The molecule has 35 heavy (non-hydrogen) atoms. The lowest BCUT2D eigenvalue weighted by Crippen LogP contribution is -2.47. The summed E-state index contributed by atoms with van der Waals surface area (Å²) in [5.74, 6) is -5.40. The van der Waals surface area contributed by atoms with E-state index in [1.807, 2.05) is 18.2 Å². The van der Waals surface area contributed by atoms with Crippen molar-refractivity contribution in [3.05, 3.63) is 35.9 Å². The van der Waals surface area contributed by atoms with E-state index in [9.17, 15) is 28.8 Å². The molecule has 0 saturated carbocycles. The van der Waals surface area contributed by atoms with Crippen LogP contribution in [0.5, 0.6) is 0 Å². The summed E-state index contributed by atoms with van der Waals surface area (Å²) < 4.78 is 4.69. The summed E-state index contributed by atoms with van der Waals surface area (Å²) in [4.78, 5) is 78.7. The third-order valence-corrected chi connectivity index (χ3v) is 5.84. The molecule has 0 radical (unpaired) electrons. The summed E-state index contributed by atoms with van der Waals surface area (Å²) in [6.45, 7) is 5.03. The summed E-state index contributed by atoms with van der Waals surface area (Å²) in [7, 11) is 1.24. The Kier molecular flexibility index (Phi) is 10.1. The number of ether oxygens (including phenoxy) is 1. The van der Waals surface area contributed by atoms with E-state index in [2.05, 4.69) is 10.1 Å². The molecule has 1 aliphatic rings. The maximum Gasteiger partial charge on any atom is 0.336 e. The van der Waals surface area contributed by atoms with Gasteiger partial charge in [-0.2, -0.15) is 0 Å². The number of hydrogen-bond donors (Lipinski definition) is 1. The van der Waals surface area contributed by atoms with E-state index in [-0.39, 0.29) is 38.0 Å². The van der Waals surface area contributed by atoms with Gasteiger partial charge >= 0.3 is 11.9 Å². The molecule has 1 N–H and O–H groups in total. The molecular weight excluding hydrogens is 456 g/mol. The molecule has 0 unspecified atom stereocenters. The van der Waals surface area contributed by atoms with E-state index in [0.717, 1.165) is 5.56 Å². The molecule has 1 fully saturated rings. The Morgan fingerprint density at radius 1 is 0.971 bits per heavy atom. The average Bonchev–Trinajstić information content (AvgIpc) is 3.14. The summed E-state index contributed by atoms with van der Waals surface area (Å²) in [6, 6.07) is 8.08. The fourth-order valence-corrected chi connectivity index (χ4v) is 3.63. The lowest BCUT2D eigenvalue weighted by atomic mass is 9.90. The van der Waals surface area contributed by atoms with Gasteiger partial charge in [-0.25, -0.2) is 4.79 Å². The Bertz CT molecular complexity index is 943. The van der Waals surface area contributed by atoms with Gasteiger partial charge in [0.1, 0.15) is 0 Å². The number of carbonyl (C=O) groups is 6. The molecule has 10 heteroatoms. The van der Waals surface area contributed by atoms with Gasteiger partial charge in [0.15, 0.2) is 5.78 Å².